The van der Waals surface area contributed by atoms with Crippen LogP contribution in [0, 0.1) is 5.92 Å². The van der Waals surface area contributed by atoms with Gasteiger partial charge in [-0.25, -0.2) is 0 Å². The van der Waals surface area contributed by atoms with Crippen LogP contribution in [0.5, 0.6) is 0 Å². The highest BCUT2D eigenvalue weighted by molar-refractivity contribution is 5.94. The van der Waals surface area contributed by atoms with Crippen molar-refractivity contribution in [2.75, 3.05) is 26.2 Å². The monoisotopic (exact) mass is 402 g/mol. The van der Waals surface area contributed by atoms with Gasteiger partial charge in [0.15, 0.2) is 0 Å². The van der Waals surface area contributed by atoms with E-state index in [0.29, 0.717) is 12.5 Å². The predicted octanol–water partition coefficient (Wildman–Crippen LogP) is 4.86. The molecule has 0 aromatic heterocycles. The van der Waals surface area contributed by atoms with E-state index >= 15 is 0 Å². The quantitative estimate of drug-likeness (QED) is 0.748. The Hall–Kier alpha value is -2.60. The minimum Gasteiger partial charge on any atom is -0.352 e. The molecule has 1 N–H and O–H groups in total. The lowest BCUT2D eigenvalue weighted by Gasteiger charge is -2.32. The number of hydrogen-bond acceptors (Lipinski definition) is 2. The molecule has 1 atom stereocenters. The second-order valence-electron chi connectivity index (χ2n) is 7.37. The van der Waals surface area contributed by atoms with Crippen LogP contribution >= 0.6 is 0 Å². The number of rotatable bonds is 6. The third-order valence-corrected chi connectivity index (χ3v) is 5.08. The van der Waals surface area contributed by atoms with Crippen molar-refractivity contribution in [1.29, 1.82) is 0 Å². The van der Waals surface area contributed by atoms with Crippen LogP contribution in [0.2, 0.25) is 0 Å². The van der Waals surface area contributed by atoms with Gasteiger partial charge in [0.05, 0.1) is 5.56 Å². The molecule has 154 valence electrons. The molecule has 1 aliphatic rings. The SMILES string of the molecule is O=C(NCC1CCCN(CC=Cc2ccccc2)C1)c1cccc(C(F)(F)F)c1. The van der Waals surface area contributed by atoms with Crippen molar-refractivity contribution in [3.63, 3.8) is 0 Å². The number of nitrogens with zero attached hydrogens (tertiary/aromatic N) is 1. The summed E-state index contributed by atoms with van der Waals surface area (Å²) in [5.41, 5.74) is 0.395. The van der Waals surface area contributed by atoms with Crippen LogP contribution in [-0.2, 0) is 6.18 Å². The van der Waals surface area contributed by atoms with E-state index in [1.54, 1.807) is 0 Å². The lowest BCUT2D eigenvalue weighted by molar-refractivity contribution is -0.137. The summed E-state index contributed by atoms with van der Waals surface area (Å²) in [5, 5.41) is 2.80. The molecule has 1 heterocycles. The fourth-order valence-electron chi connectivity index (χ4n) is 3.56. The zero-order valence-corrected chi connectivity index (χ0v) is 16.2. The van der Waals surface area contributed by atoms with E-state index in [1.165, 1.54) is 12.1 Å². The molecule has 0 spiro atoms. The number of carbonyl (C=O) groups is 1. The van der Waals surface area contributed by atoms with Gasteiger partial charge in [0.25, 0.3) is 5.91 Å². The number of nitrogens with one attached hydrogen (secondary N) is 1. The molecule has 1 aliphatic heterocycles. The van der Waals surface area contributed by atoms with Crippen molar-refractivity contribution in [1.82, 2.24) is 10.2 Å². The van der Waals surface area contributed by atoms with Crippen LogP contribution in [0.1, 0.15) is 34.3 Å². The fourth-order valence-corrected chi connectivity index (χ4v) is 3.56. The van der Waals surface area contributed by atoms with Crippen molar-refractivity contribution in [2.45, 2.75) is 19.0 Å². The molecule has 1 fully saturated rings. The van der Waals surface area contributed by atoms with Crippen LogP contribution in [0.25, 0.3) is 6.08 Å². The standard InChI is InChI=1S/C23H25F3N2O/c24-23(25,26)21-12-4-11-20(15-21)22(29)27-16-19-10-6-14-28(17-19)13-5-9-18-7-2-1-3-8-18/h1-5,7-9,11-12,15,19H,6,10,13-14,16-17H2,(H,27,29). The van der Waals surface area contributed by atoms with E-state index in [9.17, 15) is 18.0 Å². The molecule has 0 bridgehead atoms. The Balaban J connectivity index is 1.48. The van der Waals surface area contributed by atoms with E-state index < -0.39 is 17.6 Å². The summed E-state index contributed by atoms with van der Waals surface area (Å²) in [4.78, 5) is 14.6. The highest BCUT2D eigenvalue weighted by atomic mass is 19.4. The second kappa shape index (κ2) is 9.74. The Morgan fingerprint density at radius 1 is 1.14 bits per heavy atom. The first-order valence-corrected chi connectivity index (χ1v) is 9.81. The third kappa shape index (κ3) is 6.46. The predicted molar refractivity (Wildman–Crippen MR) is 108 cm³/mol. The normalized spacial score (nSPS) is 18.1. The molecular weight excluding hydrogens is 377 g/mol. The van der Waals surface area contributed by atoms with Gasteiger partial charge in [-0.15, -0.1) is 0 Å². The minimum absolute atomic E-state index is 0.0401. The topological polar surface area (TPSA) is 32.3 Å². The Bertz CT molecular complexity index is 834. The summed E-state index contributed by atoms with van der Waals surface area (Å²) in [6, 6.07) is 14.6. The largest absolute Gasteiger partial charge is 0.416 e. The maximum atomic E-state index is 12.8. The summed E-state index contributed by atoms with van der Waals surface area (Å²) in [7, 11) is 0. The second-order valence-corrected chi connectivity index (χ2v) is 7.37. The number of hydrogen-bond donors (Lipinski definition) is 1. The van der Waals surface area contributed by atoms with Crippen LogP contribution in [0.3, 0.4) is 0 Å². The number of alkyl halides is 3. The van der Waals surface area contributed by atoms with Gasteiger partial charge in [0.1, 0.15) is 0 Å². The van der Waals surface area contributed by atoms with E-state index in [2.05, 4.69) is 34.5 Å². The Morgan fingerprint density at radius 2 is 1.93 bits per heavy atom. The zero-order chi connectivity index (χ0) is 20.7. The number of benzene rings is 2. The Morgan fingerprint density at radius 3 is 2.69 bits per heavy atom. The van der Waals surface area contributed by atoms with Crippen molar-refractivity contribution >= 4 is 12.0 Å². The minimum atomic E-state index is -4.45. The maximum Gasteiger partial charge on any atom is 0.416 e. The molecule has 6 heteroatoms. The van der Waals surface area contributed by atoms with Crippen molar-refractivity contribution in [3.8, 4) is 0 Å². The van der Waals surface area contributed by atoms with Gasteiger partial charge >= 0.3 is 6.18 Å². The zero-order valence-electron chi connectivity index (χ0n) is 16.2. The van der Waals surface area contributed by atoms with E-state index in [-0.39, 0.29) is 5.56 Å². The average molecular weight is 402 g/mol. The van der Waals surface area contributed by atoms with Gasteiger partial charge in [-0.2, -0.15) is 13.2 Å². The molecule has 3 rings (SSSR count). The molecule has 0 aliphatic carbocycles. The molecule has 2 aromatic rings. The van der Waals surface area contributed by atoms with E-state index in [4.69, 9.17) is 0 Å². The molecule has 1 saturated heterocycles. The first-order valence-electron chi connectivity index (χ1n) is 9.81. The molecular formula is C23H25F3N2O. The first-order chi connectivity index (χ1) is 13.9. The third-order valence-electron chi connectivity index (χ3n) is 5.08. The van der Waals surface area contributed by atoms with Crippen molar-refractivity contribution < 1.29 is 18.0 Å². The lowest BCUT2D eigenvalue weighted by atomic mass is 9.97. The van der Waals surface area contributed by atoms with Crippen molar-refractivity contribution in [3.05, 3.63) is 77.4 Å². The van der Waals surface area contributed by atoms with Crippen LogP contribution in [0.4, 0.5) is 13.2 Å². The molecule has 1 unspecified atom stereocenters. The van der Waals surface area contributed by atoms with Crippen LogP contribution in [-0.4, -0.2) is 37.0 Å². The van der Waals surface area contributed by atoms with Gasteiger partial charge in [-0.1, -0.05) is 48.6 Å². The summed E-state index contributed by atoms with van der Waals surface area (Å²) in [6.45, 7) is 3.18. The molecule has 1 amide bonds. The van der Waals surface area contributed by atoms with E-state index in [1.807, 2.05) is 18.2 Å². The fraction of sp³-hybridized carbons (Fsp3) is 0.348. The molecule has 2 aromatic carbocycles. The molecule has 0 radical (unpaired) electrons. The maximum absolute atomic E-state index is 12.8. The van der Waals surface area contributed by atoms with Gasteiger partial charge < -0.3 is 5.32 Å². The molecule has 29 heavy (non-hydrogen) atoms. The number of amides is 1. The first kappa shape index (κ1) is 21.1. The Kier molecular flexibility index (Phi) is 7.09. The summed E-state index contributed by atoms with van der Waals surface area (Å²) in [6.07, 6.45) is 1.83. The van der Waals surface area contributed by atoms with E-state index in [0.717, 1.165) is 50.2 Å². The van der Waals surface area contributed by atoms with Crippen LogP contribution < -0.4 is 5.32 Å². The number of likely N-dealkylation sites (tertiary alicyclic amines) is 1. The van der Waals surface area contributed by atoms with Gasteiger partial charge in [-0.05, 0) is 49.1 Å². The Labute approximate surface area is 169 Å². The number of piperidine rings is 1. The lowest BCUT2D eigenvalue weighted by Crippen LogP contribution is -2.41. The summed E-state index contributed by atoms with van der Waals surface area (Å²) >= 11 is 0. The summed E-state index contributed by atoms with van der Waals surface area (Å²) in [5.74, 6) is -0.166. The van der Waals surface area contributed by atoms with Gasteiger partial charge in [0, 0.05) is 25.2 Å². The smallest absolute Gasteiger partial charge is 0.352 e. The summed E-state index contributed by atoms with van der Waals surface area (Å²) < 4.78 is 38.5. The highest BCUT2D eigenvalue weighted by Gasteiger charge is 2.31. The van der Waals surface area contributed by atoms with Crippen LogP contribution in [0.15, 0.2) is 60.7 Å². The number of carbonyl (C=O) groups excluding carboxylic acids is 1. The van der Waals surface area contributed by atoms with Crippen molar-refractivity contribution in [2.24, 2.45) is 5.92 Å². The van der Waals surface area contributed by atoms with Gasteiger partial charge in [0.2, 0.25) is 0 Å². The highest BCUT2D eigenvalue weighted by Crippen LogP contribution is 2.29. The average Bonchev–Trinajstić information content (AvgIpc) is 2.73. The molecule has 0 saturated carbocycles. The van der Waals surface area contributed by atoms with Gasteiger partial charge in [-0.3, -0.25) is 9.69 Å². The molecule has 3 nitrogen and oxygen atoms in total. The number of halogens is 3.